The maximum atomic E-state index is 12.5. The molecular weight excluding hydrogens is 265 g/mol. The molecule has 1 aromatic rings. The van der Waals surface area contributed by atoms with E-state index >= 15 is 0 Å². The first-order chi connectivity index (χ1) is 8.30. The molecule has 1 rings (SSSR count). The van der Waals surface area contributed by atoms with E-state index in [-0.39, 0.29) is 0 Å². The minimum absolute atomic E-state index is 0.416. The molecule has 0 amide bonds. The van der Waals surface area contributed by atoms with E-state index in [9.17, 15) is 22.0 Å². The summed E-state index contributed by atoms with van der Waals surface area (Å²) in [5, 5.41) is 8.92. The average molecular weight is 273 g/mol. The highest BCUT2D eigenvalue weighted by Gasteiger charge is 2.35. The highest BCUT2D eigenvalue weighted by molar-refractivity contribution is 5.46. The van der Waals surface area contributed by atoms with Gasteiger partial charge in [0.2, 0.25) is 5.88 Å². The lowest BCUT2D eigenvalue weighted by Gasteiger charge is -2.17. The molecule has 0 aliphatic carbocycles. The summed E-state index contributed by atoms with van der Waals surface area (Å²) in [4.78, 5) is 3.37. The summed E-state index contributed by atoms with van der Waals surface area (Å²) in [6, 6.07) is 0. The van der Waals surface area contributed by atoms with Crippen LogP contribution in [0, 0.1) is 0 Å². The lowest BCUT2D eigenvalue weighted by atomic mass is 10.1. The van der Waals surface area contributed by atoms with E-state index in [1.807, 2.05) is 0 Å². The molecule has 4 nitrogen and oxygen atoms in total. The average Bonchev–Trinajstić information content (AvgIpc) is 2.25. The smallest absolute Gasteiger partial charge is 0.481 e. The molecule has 0 saturated heterocycles. The minimum atomic E-state index is -5.17. The standard InChI is InChI=1S/C9H8F5NO3/c1-17-8-5(3-16)6(18-9(12,13)14)4(2-15-8)7(10)11/h2,7,16H,3H2,1H3. The maximum Gasteiger partial charge on any atom is 0.573 e. The highest BCUT2D eigenvalue weighted by atomic mass is 19.4. The number of hydrogen-bond donors (Lipinski definition) is 1. The van der Waals surface area contributed by atoms with Crippen molar-refractivity contribution in [1.82, 2.24) is 4.98 Å². The van der Waals surface area contributed by atoms with Gasteiger partial charge in [0.05, 0.1) is 24.8 Å². The molecule has 0 unspecified atom stereocenters. The van der Waals surface area contributed by atoms with E-state index in [4.69, 9.17) is 5.11 Å². The first-order valence-electron chi connectivity index (χ1n) is 4.50. The van der Waals surface area contributed by atoms with Crippen LogP contribution in [0.1, 0.15) is 17.6 Å². The predicted octanol–water partition coefficient (Wildman–Crippen LogP) is 2.42. The normalized spacial score (nSPS) is 11.8. The van der Waals surface area contributed by atoms with Gasteiger partial charge in [0, 0.05) is 6.20 Å². The molecule has 9 heteroatoms. The third kappa shape index (κ3) is 3.19. The van der Waals surface area contributed by atoms with Crippen LogP contribution in [0.5, 0.6) is 11.6 Å². The molecule has 0 aliphatic heterocycles. The number of aliphatic hydroxyl groups is 1. The van der Waals surface area contributed by atoms with Gasteiger partial charge in [-0.25, -0.2) is 13.8 Å². The van der Waals surface area contributed by atoms with Crippen molar-refractivity contribution in [3.8, 4) is 11.6 Å². The Hall–Kier alpha value is -1.64. The Labute approximate surface area is 98.0 Å². The van der Waals surface area contributed by atoms with E-state index in [1.54, 1.807) is 0 Å². The Morgan fingerprint density at radius 3 is 2.39 bits per heavy atom. The number of ether oxygens (including phenoxy) is 2. The zero-order chi connectivity index (χ0) is 13.9. The van der Waals surface area contributed by atoms with Crippen LogP contribution in [0.2, 0.25) is 0 Å². The number of nitrogens with zero attached hydrogens (tertiary/aromatic N) is 1. The highest BCUT2D eigenvalue weighted by Crippen LogP contribution is 2.38. The van der Waals surface area contributed by atoms with E-state index < -0.39 is 42.2 Å². The Balaban J connectivity index is 3.38. The van der Waals surface area contributed by atoms with Crippen LogP contribution in [-0.2, 0) is 6.61 Å². The van der Waals surface area contributed by atoms with Gasteiger partial charge in [-0.1, -0.05) is 0 Å². The molecule has 0 saturated carbocycles. The van der Waals surface area contributed by atoms with Gasteiger partial charge in [0.25, 0.3) is 6.43 Å². The molecule has 0 radical (unpaired) electrons. The van der Waals surface area contributed by atoms with Crippen molar-refractivity contribution in [3.63, 3.8) is 0 Å². The maximum absolute atomic E-state index is 12.5. The van der Waals surface area contributed by atoms with Crippen LogP contribution >= 0.6 is 0 Å². The second kappa shape index (κ2) is 5.34. The summed E-state index contributed by atoms with van der Waals surface area (Å²) in [7, 11) is 1.07. The fourth-order valence-corrected chi connectivity index (χ4v) is 1.24. The summed E-state index contributed by atoms with van der Waals surface area (Å²) in [5.74, 6) is -1.60. The van der Waals surface area contributed by atoms with Crippen molar-refractivity contribution in [2.75, 3.05) is 7.11 Å². The first-order valence-corrected chi connectivity index (χ1v) is 4.50. The number of methoxy groups -OCH3 is 1. The molecular formula is C9H8F5NO3. The molecule has 0 aromatic carbocycles. The number of hydrogen-bond acceptors (Lipinski definition) is 4. The third-order valence-electron chi connectivity index (χ3n) is 1.92. The van der Waals surface area contributed by atoms with E-state index in [1.165, 1.54) is 0 Å². The Bertz CT molecular complexity index is 421. The minimum Gasteiger partial charge on any atom is -0.481 e. The van der Waals surface area contributed by atoms with Crippen LogP contribution in [-0.4, -0.2) is 23.6 Å². The lowest BCUT2D eigenvalue weighted by Crippen LogP contribution is -2.20. The number of alkyl halides is 5. The van der Waals surface area contributed by atoms with Gasteiger partial charge in [0.1, 0.15) is 0 Å². The van der Waals surface area contributed by atoms with Gasteiger partial charge < -0.3 is 14.6 Å². The summed E-state index contributed by atoms with van der Waals surface area (Å²) in [6.45, 7) is -0.984. The lowest BCUT2D eigenvalue weighted by molar-refractivity contribution is -0.275. The Morgan fingerprint density at radius 2 is 2.00 bits per heavy atom. The zero-order valence-electron chi connectivity index (χ0n) is 8.96. The molecule has 102 valence electrons. The van der Waals surface area contributed by atoms with E-state index in [0.717, 1.165) is 7.11 Å². The molecule has 1 aromatic heterocycles. The molecule has 0 atom stereocenters. The molecule has 0 fully saturated rings. The van der Waals surface area contributed by atoms with Gasteiger partial charge in [-0.3, -0.25) is 0 Å². The fourth-order valence-electron chi connectivity index (χ4n) is 1.24. The second-order valence-electron chi connectivity index (χ2n) is 3.04. The van der Waals surface area contributed by atoms with Crippen molar-refractivity contribution in [1.29, 1.82) is 0 Å². The molecule has 0 spiro atoms. The summed E-state index contributed by atoms with van der Waals surface area (Å²) < 4.78 is 69.5. The number of aromatic nitrogens is 1. The van der Waals surface area contributed by atoms with E-state index in [0.29, 0.717) is 6.20 Å². The monoisotopic (exact) mass is 273 g/mol. The largest absolute Gasteiger partial charge is 0.573 e. The topological polar surface area (TPSA) is 51.6 Å². The van der Waals surface area contributed by atoms with Gasteiger partial charge in [-0.05, 0) is 0 Å². The number of rotatable bonds is 4. The summed E-state index contributed by atoms with van der Waals surface area (Å²) in [6.07, 6.45) is -7.89. The van der Waals surface area contributed by atoms with Crippen LogP contribution in [0.3, 0.4) is 0 Å². The fraction of sp³-hybridized carbons (Fsp3) is 0.444. The van der Waals surface area contributed by atoms with Crippen LogP contribution in [0.4, 0.5) is 22.0 Å². The van der Waals surface area contributed by atoms with Gasteiger partial charge in [-0.2, -0.15) is 0 Å². The first kappa shape index (κ1) is 14.4. The summed E-state index contributed by atoms with van der Waals surface area (Å²) in [5.41, 5.74) is -1.66. The van der Waals surface area contributed by atoms with E-state index in [2.05, 4.69) is 14.5 Å². The Kier molecular flexibility index (Phi) is 4.28. The van der Waals surface area contributed by atoms with Crippen molar-refractivity contribution >= 4 is 0 Å². The van der Waals surface area contributed by atoms with Gasteiger partial charge >= 0.3 is 6.36 Å². The number of aliphatic hydroxyl groups excluding tert-OH is 1. The zero-order valence-corrected chi connectivity index (χ0v) is 8.96. The number of halogens is 5. The number of pyridine rings is 1. The molecule has 1 N–H and O–H groups in total. The molecule has 0 bridgehead atoms. The van der Waals surface area contributed by atoms with Crippen LogP contribution < -0.4 is 9.47 Å². The predicted molar refractivity (Wildman–Crippen MR) is 48.4 cm³/mol. The van der Waals surface area contributed by atoms with Crippen LogP contribution in [0.25, 0.3) is 0 Å². The Morgan fingerprint density at radius 1 is 1.39 bits per heavy atom. The van der Waals surface area contributed by atoms with Gasteiger partial charge in [-0.15, -0.1) is 13.2 Å². The van der Waals surface area contributed by atoms with Gasteiger partial charge in [0.15, 0.2) is 5.75 Å². The van der Waals surface area contributed by atoms with Crippen molar-refractivity contribution in [3.05, 3.63) is 17.3 Å². The SMILES string of the molecule is COc1ncc(C(F)F)c(OC(F)(F)F)c1CO. The molecule has 0 aliphatic rings. The molecule has 18 heavy (non-hydrogen) atoms. The second-order valence-corrected chi connectivity index (χ2v) is 3.04. The quantitative estimate of drug-likeness (QED) is 0.856. The van der Waals surface area contributed by atoms with Crippen molar-refractivity contribution in [2.24, 2.45) is 0 Å². The summed E-state index contributed by atoms with van der Waals surface area (Å²) >= 11 is 0. The third-order valence-corrected chi connectivity index (χ3v) is 1.92. The molecule has 1 heterocycles. The van der Waals surface area contributed by atoms with Crippen molar-refractivity contribution in [2.45, 2.75) is 19.4 Å². The van der Waals surface area contributed by atoms with Crippen molar-refractivity contribution < 1.29 is 36.5 Å². The van der Waals surface area contributed by atoms with Crippen LogP contribution in [0.15, 0.2) is 6.20 Å².